The number of nitrogens with one attached hydrogen (secondary N) is 2. The van der Waals surface area contributed by atoms with Crippen LogP contribution in [0, 0.1) is 35.4 Å². The normalized spacial score (nSPS) is 26.8. The van der Waals surface area contributed by atoms with Crippen LogP contribution in [0.5, 0.6) is 5.75 Å². The zero-order valence-corrected chi connectivity index (χ0v) is 27.4. The Hall–Kier alpha value is -4.14. The van der Waals surface area contributed by atoms with E-state index in [0.29, 0.717) is 33.5 Å². The van der Waals surface area contributed by atoms with Crippen molar-refractivity contribution < 1.29 is 36.7 Å². The minimum Gasteiger partial charge on any atom is -0.483 e. The Morgan fingerprint density at radius 1 is 1.00 bits per heavy atom. The molecule has 2 saturated carbocycles. The molecule has 3 fully saturated rings. The van der Waals surface area contributed by atoms with E-state index in [-0.39, 0.29) is 33.6 Å². The van der Waals surface area contributed by atoms with Crippen LogP contribution in [0.15, 0.2) is 76.6 Å². The quantitative estimate of drug-likeness (QED) is 0.165. The summed E-state index contributed by atoms with van der Waals surface area (Å²) in [6.07, 6.45) is -4.10. The number of anilines is 2. The molecule has 8 nitrogen and oxygen atoms in total. The van der Waals surface area contributed by atoms with E-state index in [2.05, 4.69) is 10.3 Å². The summed E-state index contributed by atoms with van der Waals surface area (Å²) in [4.78, 5) is 57.7. The van der Waals surface area contributed by atoms with Gasteiger partial charge < -0.3 is 15.0 Å². The number of carbonyl (C=O) groups is 3. The molecule has 1 aromatic heterocycles. The van der Waals surface area contributed by atoms with E-state index in [0.717, 1.165) is 33.2 Å². The smallest absolute Gasteiger partial charge is 0.416 e. The van der Waals surface area contributed by atoms with Crippen LogP contribution < -0.4 is 19.8 Å². The molecular weight excluding hydrogens is 706 g/mol. The van der Waals surface area contributed by atoms with Crippen LogP contribution in [-0.4, -0.2) is 34.6 Å². The van der Waals surface area contributed by atoms with Crippen LogP contribution in [0.4, 0.5) is 28.9 Å². The number of hydrogen-bond donors (Lipinski definition) is 2. The first-order chi connectivity index (χ1) is 23.4. The fraction of sp³-hybridized carbons (Fsp3) is 0.294. The number of thioether (sulfide) groups is 1. The number of alkyl halides is 3. The van der Waals surface area contributed by atoms with E-state index in [1.807, 2.05) is 0 Å². The number of nitrogens with zero attached hydrogens (tertiary/aromatic N) is 1. The first kappa shape index (κ1) is 32.1. The molecule has 2 bridgehead atoms. The van der Waals surface area contributed by atoms with E-state index in [1.54, 1.807) is 18.2 Å². The number of aromatic nitrogens is 1. The largest absolute Gasteiger partial charge is 0.483 e. The van der Waals surface area contributed by atoms with Crippen LogP contribution in [0.1, 0.15) is 28.3 Å². The first-order valence-corrected chi connectivity index (χ1v) is 17.4. The van der Waals surface area contributed by atoms with Crippen LogP contribution in [0.3, 0.4) is 0 Å². The maximum atomic E-state index is 14.0. The Morgan fingerprint density at radius 3 is 2.47 bits per heavy atom. The summed E-state index contributed by atoms with van der Waals surface area (Å²) in [5, 5.41) is 3.45. The van der Waals surface area contributed by atoms with Gasteiger partial charge >= 0.3 is 11.0 Å². The van der Waals surface area contributed by atoms with Gasteiger partial charge in [-0.15, -0.1) is 11.8 Å². The molecule has 3 amide bonds. The van der Waals surface area contributed by atoms with E-state index >= 15 is 0 Å². The lowest BCUT2D eigenvalue weighted by Crippen LogP contribution is -2.42. The van der Waals surface area contributed by atoms with Crippen LogP contribution >= 0.6 is 34.7 Å². The molecule has 0 spiro atoms. The van der Waals surface area contributed by atoms with Crippen molar-refractivity contribution in [3.05, 3.63) is 103 Å². The summed E-state index contributed by atoms with van der Waals surface area (Å²) >= 11 is 9.00. The van der Waals surface area contributed by atoms with Gasteiger partial charge in [-0.25, -0.2) is 4.39 Å². The molecule has 2 aliphatic heterocycles. The van der Waals surface area contributed by atoms with Crippen molar-refractivity contribution in [3.63, 3.8) is 0 Å². The number of carbonyl (C=O) groups excluding carboxylic acids is 3. The standard InChI is InChI=1S/C34H24ClF4N3O5S2/c35-15-4-9-22(47-13-23(43)40-17-7-5-16(36)6-8-17)19(11-15)24-25-20-12-21(28(25)48-30-29(24)49-33(46)41-30)27-26(20)31(44)42(32(27)45)18-3-1-2-14(10-18)34(37,38)39/h1-11,20-21,24-28H,12-13H2,(H,40,43)(H,41,46)/t20-,21-,24+,25-,26+,27+,28-/m1/s1. The second-order valence-electron chi connectivity index (χ2n) is 12.5. The summed E-state index contributed by atoms with van der Waals surface area (Å²) in [6.45, 7) is -0.395. The number of amides is 3. The number of thiazole rings is 1. The highest BCUT2D eigenvalue weighted by Crippen LogP contribution is 2.69. The lowest BCUT2D eigenvalue weighted by atomic mass is 9.68. The Labute approximate surface area is 288 Å². The molecule has 3 aromatic carbocycles. The lowest BCUT2D eigenvalue weighted by Gasteiger charge is -2.43. The number of aromatic amines is 1. The zero-order valence-electron chi connectivity index (χ0n) is 25.0. The highest BCUT2D eigenvalue weighted by atomic mass is 35.5. The predicted molar refractivity (Wildman–Crippen MR) is 174 cm³/mol. The highest BCUT2D eigenvalue weighted by molar-refractivity contribution is 8.00. The van der Waals surface area contributed by atoms with Gasteiger partial charge in [0.25, 0.3) is 5.91 Å². The molecule has 1 saturated heterocycles. The van der Waals surface area contributed by atoms with E-state index in [1.165, 1.54) is 48.2 Å². The topological polar surface area (TPSA) is 109 Å². The average Bonchev–Trinajstić information content (AvgIpc) is 3.80. The maximum Gasteiger partial charge on any atom is 0.416 e. The fourth-order valence-electron chi connectivity index (χ4n) is 8.21. The van der Waals surface area contributed by atoms with Crippen molar-refractivity contribution in [3.8, 4) is 5.75 Å². The van der Waals surface area contributed by atoms with Crippen molar-refractivity contribution in [2.45, 2.75) is 28.8 Å². The molecule has 7 atom stereocenters. The number of fused-ring (bicyclic) bond motifs is 9. The molecule has 252 valence electrons. The van der Waals surface area contributed by atoms with Crippen molar-refractivity contribution in [1.82, 2.24) is 4.98 Å². The molecule has 2 aliphatic carbocycles. The van der Waals surface area contributed by atoms with Crippen molar-refractivity contribution in [2.75, 3.05) is 16.8 Å². The van der Waals surface area contributed by atoms with Gasteiger partial charge in [-0.2, -0.15) is 13.2 Å². The lowest BCUT2D eigenvalue weighted by molar-refractivity contribution is -0.137. The average molecular weight is 730 g/mol. The fourth-order valence-corrected chi connectivity index (χ4v) is 11.3. The third kappa shape index (κ3) is 5.35. The highest BCUT2D eigenvalue weighted by Gasteiger charge is 2.70. The Kier molecular flexibility index (Phi) is 7.68. The second kappa shape index (κ2) is 11.7. The Morgan fingerprint density at radius 2 is 1.73 bits per heavy atom. The Bertz CT molecular complexity index is 2090. The van der Waals surface area contributed by atoms with Gasteiger partial charge in [-0.3, -0.25) is 24.1 Å². The third-order valence-corrected chi connectivity index (χ3v) is 12.8. The van der Waals surface area contributed by atoms with Crippen LogP contribution in [0.2, 0.25) is 5.02 Å². The summed E-state index contributed by atoms with van der Waals surface area (Å²) in [5.74, 6) is -4.48. The Balaban J connectivity index is 1.13. The molecule has 8 rings (SSSR count). The number of ether oxygens (including phenoxy) is 1. The minimum atomic E-state index is -4.65. The molecule has 4 aliphatic rings. The summed E-state index contributed by atoms with van der Waals surface area (Å²) in [6, 6.07) is 14.5. The number of rotatable bonds is 6. The molecular formula is C34H24ClF4N3O5S2. The summed E-state index contributed by atoms with van der Waals surface area (Å²) in [7, 11) is 0. The van der Waals surface area contributed by atoms with Crippen molar-refractivity contribution >= 4 is 63.8 Å². The van der Waals surface area contributed by atoms with Gasteiger partial charge in [0.2, 0.25) is 11.8 Å². The van der Waals surface area contributed by atoms with Gasteiger partial charge in [0.15, 0.2) is 6.61 Å². The maximum absolute atomic E-state index is 14.0. The minimum absolute atomic E-state index is 0.112. The number of H-pyrrole nitrogens is 1. The third-order valence-electron chi connectivity index (χ3n) is 9.95. The van der Waals surface area contributed by atoms with Gasteiger partial charge in [0.1, 0.15) is 11.6 Å². The van der Waals surface area contributed by atoms with E-state index in [4.69, 9.17) is 16.3 Å². The molecule has 3 heterocycles. The van der Waals surface area contributed by atoms with Crippen LogP contribution in [0.25, 0.3) is 0 Å². The SMILES string of the molecule is O=C(COc1ccc(Cl)cc1[C@@H]1c2sc(=O)[nH]c2S[C@@H]2[C@@H]3C[C@@H]([C@@H]4C(=O)N(c5cccc(C(F)(F)F)c5)C(=O)[C@@H]34)[C@H]12)Nc1ccc(F)cc1. The summed E-state index contributed by atoms with van der Waals surface area (Å²) in [5.41, 5.74) is -0.0852. The first-order valence-electron chi connectivity index (χ1n) is 15.3. The molecule has 0 radical (unpaired) electrons. The van der Waals surface area contributed by atoms with Gasteiger partial charge in [-0.05, 0) is 84.8 Å². The predicted octanol–water partition coefficient (Wildman–Crippen LogP) is 6.94. The monoisotopic (exact) mass is 729 g/mol. The second-order valence-corrected chi connectivity index (χ2v) is 15.2. The number of benzene rings is 3. The molecule has 49 heavy (non-hydrogen) atoms. The number of hydrogen-bond acceptors (Lipinski definition) is 7. The van der Waals surface area contributed by atoms with Gasteiger partial charge in [-0.1, -0.05) is 29.0 Å². The van der Waals surface area contributed by atoms with Crippen molar-refractivity contribution in [2.24, 2.45) is 29.6 Å². The molecule has 2 N–H and O–H groups in total. The van der Waals surface area contributed by atoms with Crippen molar-refractivity contribution in [1.29, 1.82) is 0 Å². The van der Waals surface area contributed by atoms with E-state index in [9.17, 15) is 36.7 Å². The van der Waals surface area contributed by atoms with Gasteiger partial charge in [0.05, 0.1) is 28.1 Å². The number of halogens is 5. The summed E-state index contributed by atoms with van der Waals surface area (Å²) < 4.78 is 60.0. The molecule has 0 unspecified atom stereocenters. The molecule has 4 aromatic rings. The van der Waals surface area contributed by atoms with Crippen LogP contribution in [-0.2, 0) is 20.6 Å². The zero-order chi connectivity index (χ0) is 34.4. The van der Waals surface area contributed by atoms with E-state index < -0.39 is 59.6 Å². The van der Waals surface area contributed by atoms with Gasteiger partial charge in [0, 0.05) is 32.3 Å². The molecule has 15 heteroatoms. The number of imide groups is 1.